The van der Waals surface area contributed by atoms with E-state index in [2.05, 4.69) is 23.2 Å². The quantitative estimate of drug-likeness (QED) is 0.927. The second kappa shape index (κ2) is 7.06. The molecule has 21 heavy (non-hydrogen) atoms. The minimum atomic E-state index is -0.00639. The van der Waals surface area contributed by atoms with Crippen molar-refractivity contribution in [1.82, 2.24) is 4.90 Å². The Kier molecular flexibility index (Phi) is 5.38. The van der Waals surface area contributed by atoms with Gasteiger partial charge in [0.05, 0.1) is 12.1 Å². The molecule has 1 N–H and O–H groups in total. The summed E-state index contributed by atoms with van der Waals surface area (Å²) in [5.41, 5.74) is 1.58. The minimum Gasteiger partial charge on any atom is -0.315 e. The summed E-state index contributed by atoms with van der Waals surface area (Å²) in [5.74, 6) is -0.00639. The molecule has 0 bridgehead atoms. The number of thiophene rings is 1. The number of likely N-dealkylation sites (tertiary alicyclic amines) is 1. The van der Waals surface area contributed by atoms with Gasteiger partial charge in [-0.15, -0.1) is 11.3 Å². The molecular formula is C16H23N3OS. The maximum Gasteiger partial charge on any atom is 0.239 e. The average molecular weight is 305 g/mol. The highest BCUT2D eigenvalue weighted by Gasteiger charge is 2.23. The highest BCUT2D eigenvalue weighted by molar-refractivity contribution is 7.16. The number of hydrogen-bond donors (Lipinski definition) is 1. The van der Waals surface area contributed by atoms with E-state index in [1.165, 1.54) is 30.6 Å². The number of aryl methyl sites for hydroxylation is 1. The SMILES string of the molecule is CCC1CCCCN1CC(=O)Nc1sc(C)c(C)c1C#N. The number of piperidine rings is 1. The minimum absolute atomic E-state index is 0.00639. The number of hydrogen-bond acceptors (Lipinski definition) is 4. The first-order valence-electron chi connectivity index (χ1n) is 7.60. The number of anilines is 1. The highest BCUT2D eigenvalue weighted by atomic mass is 32.1. The fraction of sp³-hybridized carbons (Fsp3) is 0.625. The van der Waals surface area contributed by atoms with Crippen molar-refractivity contribution >= 4 is 22.2 Å². The first-order valence-corrected chi connectivity index (χ1v) is 8.42. The second-order valence-corrected chi connectivity index (χ2v) is 6.90. The lowest BCUT2D eigenvalue weighted by Crippen LogP contribution is -2.43. The Morgan fingerprint density at radius 1 is 1.48 bits per heavy atom. The first-order chi connectivity index (χ1) is 10.1. The number of nitriles is 1. The molecule has 1 aromatic rings. The molecule has 1 unspecified atom stereocenters. The molecule has 1 fully saturated rings. The molecule has 2 rings (SSSR count). The molecule has 4 nitrogen and oxygen atoms in total. The molecule has 1 aliphatic heterocycles. The third-order valence-electron chi connectivity index (χ3n) is 4.32. The van der Waals surface area contributed by atoms with Crippen LogP contribution in [0.2, 0.25) is 0 Å². The van der Waals surface area contributed by atoms with Crippen LogP contribution in [0.15, 0.2) is 0 Å². The summed E-state index contributed by atoms with van der Waals surface area (Å²) < 4.78 is 0. The van der Waals surface area contributed by atoms with Crippen LogP contribution in [0.4, 0.5) is 5.00 Å². The van der Waals surface area contributed by atoms with Crippen LogP contribution in [-0.4, -0.2) is 29.9 Å². The van der Waals surface area contributed by atoms with Crippen molar-refractivity contribution in [3.63, 3.8) is 0 Å². The topological polar surface area (TPSA) is 56.1 Å². The zero-order chi connectivity index (χ0) is 15.4. The number of nitrogens with zero attached hydrogens (tertiary/aromatic N) is 2. The van der Waals surface area contributed by atoms with E-state index >= 15 is 0 Å². The molecule has 0 spiro atoms. The Hall–Kier alpha value is -1.38. The van der Waals surface area contributed by atoms with E-state index in [0.717, 1.165) is 23.4 Å². The van der Waals surface area contributed by atoms with Crippen LogP contribution in [0.1, 0.15) is 48.6 Å². The molecule has 114 valence electrons. The lowest BCUT2D eigenvalue weighted by Gasteiger charge is -2.34. The van der Waals surface area contributed by atoms with Crippen LogP contribution >= 0.6 is 11.3 Å². The Morgan fingerprint density at radius 3 is 2.90 bits per heavy atom. The van der Waals surface area contributed by atoms with Gasteiger partial charge in [0, 0.05) is 10.9 Å². The summed E-state index contributed by atoms with van der Waals surface area (Å²) in [5, 5.41) is 12.8. The van der Waals surface area contributed by atoms with Crippen molar-refractivity contribution in [1.29, 1.82) is 5.26 Å². The first kappa shape index (κ1) is 16.0. The predicted octanol–water partition coefficient (Wildman–Crippen LogP) is 3.44. The molecule has 0 aliphatic carbocycles. The second-order valence-electron chi connectivity index (χ2n) is 5.68. The van der Waals surface area contributed by atoms with Crippen molar-refractivity contribution in [3.05, 3.63) is 16.0 Å². The van der Waals surface area contributed by atoms with E-state index in [0.29, 0.717) is 23.2 Å². The maximum atomic E-state index is 12.3. The Labute approximate surface area is 130 Å². The maximum absolute atomic E-state index is 12.3. The fourth-order valence-electron chi connectivity index (χ4n) is 2.93. The van der Waals surface area contributed by atoms with Crippen LogP contribution in [0, 0.1) is 25.2 Å². The predicted molar refractivity (Wildman–Crippen MR) is 86.6 cm³/mol. The summed E-state index contributed by atoms with van der Waals surface area (Å²) in [6.07, 6.45) is 4.71. The van der Waals surface area contributed by atoms with Crippen LogP contribution in [0.25, 0.3) is 0 Å². The normalized spacial score (nSPS) is 19.2. The van der Waals surface area contributed by atoms with Crippen LogP contribution in [0.3, 0.4) is 0 Å². The molecular weight excluding hydrogens is 282 g/mol. The van der Waals surface area contributed by atoms with Gasteiger partial charge in [0.1, 0.15) is 11.1 Å². The molecule has 5 heteroatoms. The van der Waals surface area contributed by atoms with Gasteiger partial charge < -0.3 is 5.32 Å². The van der Waals surface area contributed by atoms with Crippen LogP contribution in [-0.2, 0) is 4.79 Å². The molecule has 0 radical (unpaired) electrons. The van der Waals surface area contributed by atoms with Gasteiger partial charge in [-0.3, -0.25) is 9.69 Å². The lowest BCUT2D eigenvalue weighted by atomic mass is 10.0. The van der Waals surface area contributed by atoms with Crippen molar-refractivity contribution in [2.75, 3.05) is 18.4 Å². The zero-order valence-electron chi connectivity index (χ0n) is 13.0. The largest absolute Gasteiger partial charge is 0.315 e. The van der Waals surface area contributed by atoms with Crippen molar-refractivity contribution in [2.24, 2.45) is 0 Å². The summed E-state index contributed by atoms with van der Waals surface area (Å²) in [7, 11) is 0. The zero-order valence-corrected chi connectivity index (χ0v) is 13.8. The number of rotatable bonds is 4. The molecule has 0 saturated carbocycles. The average Bonchev–Trinajstić information content (AvgIpc) is 2.73. The summed E-state index contributed by atoms with van der Waals surface area (Å²) in [4.78, 5) is 15.6. The van der Waals surface area contributed by atoms with E-state index < -0.39 is 0 Å². The summed E-state index contributed by atoms with van der Waals surface area (Å²) in [6, 6.07) is 2.72. The van der Waals surface area contributed by atoms with E-state index in [4.69, 9.17) is 0 Å². The van der Waals surface area contributed by atoms with E-state index in [1.807, 2.05) is 13.8 Å². The molecule has 1 aliphatic rings. The molecule has 1 amide bonds. The Balaban J connectivity index is 2.02. The summed E-state index contributed by atoms with van der Waals surface area (Å²) in [6.45, 7) is 7.52. The number of amides is 1. The monoisotopic (exact) mass is 305 g/mol. The van der Waals surface area contributed by atoms with Crippen molar-refractivity contribution in [2.45, 2.75) is 52.5 Å². The fourth-order valence-corrected chi connectivity index (χ4v) is 3.96. The van der Waals surface area contributed by atoms with Gasteiger partial charge in [-0.1, -0.05) is 13.3 Å². The third kappa shape index (κ3) is 3.63. The van der Waals surface area contributed by atoms with Crippen molar-refractivity contribution < 1.29 is 4.79 Å². The van der Waals surface area contributed by atoms with E-state index in [1.54, 1.807) is 0 Å². The third-order valence-corrected chi connectivity index (χ3v) is 5.44. The van der Waals surface area contributed by atoms with Gasteiger partial charge >= 0.3 is 0 Å². The Bertz CT molecular complexity index is 559. The van der Waals surface area contributed by atoms with Crippen molar-refractivity contribution in [3.8, 4) is 6.07 Å². The van der Waals surface area contributed by atoms with Gasteiger partial charge in [-0.2, -0.15) is 5.26 Å². The van der Waals surface area contributed by atoms with Gasteiger partial charge in [-0.25, -0.2) is 0 Å². The molecule has 1 aromatic heterocycles. The summed E-state index contributed by atoms with van der Waals surface area (Å²) >= 11 is 1.49. The van der Waals surface area contributed by atoms with Gasteiger partial charge in [0.15, 0.2) is 0 Å². The number of carbonyl (C=O) groups excluding carboxylic acids is 1. The molecule has 2 heterocycles. The smallest absolute Gasteiger partial charge is 0.239 e. The number of nitrogens with one attached hydrogen (secondary N) is 1. The van der Waals surface area contributed by atoms with E-state index in [9.17, 15) is 10.1 Å². The highest BCUT2D eigenvalue weighted by Crippen LogP contribution is 2.31. The molecule has 0 aromatic carbocycles. The van der Waals surface area contributed by atoms with Gasteiger partial charge in [-0.05, 0) is 45.2 Å². The van der Waals surface area contributed by atoms with Gasteiger partial charge in [0.25, 0.3) is 0 Å². The van der Waals surface area contributed by atoms with Crippen LogP contribution < -0.4 is 5.32 Å². The number of carbonyl (C=O) groups is 1. The van der Waals surface area contributed by atoms with Crippen LogP contribution in [0.5, 0.6) is 0 Å². The molecule has 1 saturated heterocycles. The van der Waals surface area contributed by atoms with E-state index in [-0.39, 0.29) is 5.91 Å². The standard InChI is InChI=1S/C16H23N3OS/c1-4-13-7-5-6-8-19(13)10-15(20)18-16-14(9-17)11(2)12(3)21-16/h13H,4-8,10H2,1-3H3,(H,18,20). The van der Waals surface area contributed by atoms with Gasteiger partial charge in [0.2, 0.25) is 5.91 Å². The Morgan fingerprint density at radius 2 is 2.24 bits per heavy atom. The lowest BCUT2D eigenvalue weighted by molar-refractivity contribution is -0.118. The molecule has 1 atom stereocenters.